The van der Waals surface area contributed by atoms with Crippen LogP contribution in [0.25, 0.3) is 10.2 Å². The summed E-state index contributed by atoms with van der Waals surface area (Å²) >= 11 is 1.69. The number of amides is 1. The summed E-state index contributed by atoms with van der Waals surface area (Å²) in [7, 11) is -3.45. The molecule has 0 radical (unpaired) electrons. The molecule has 0 unspecified atom stereocenters. The third kappa shape index (κ3) is 4.91. The highest BCUT2D eigenvalue weighted by atomic mass is 32.2. The van der Waals surface area contributed by atoms with Gasteiger partial charge in [-0.1, -0.05) is 42.0 Å². The molecule has 8 heteroatoms. The molecular formula is C23H27N3O3S2. The van der Waals surface area contributed by atoms with E-state index in [-0.39, 0.29) is 23.0 Å². The van der Waals surface area contributed by atoms with Crippen molar-refractivity contribution in [1.29, 1.82) is 0 Å². The fourth-order valence-electron chi connectivity index (χ4n) is 3.70. The van der Waals surface area contributed by atoms with E-state index in [1.54, 1.807) is 40.5 Å². The van der Waals surface area contributed by atoms with Gasteiger partial charge in [-0.2, -0.15) is 0 Å². The average Bonchev–Trinajstić information content (AvgIpc) is 3.21. The van der Waals surface area contributed by atoms with Crippen LogP contribution in [0.1, 0.15) is 24.5 Å². The second-order valence-corrected chi connectivity index (χ2v) is 11.0. The fourth-order valence-corrected chi connectivity index (χ4v) is 6.01. The topological polar surface area (TPSA) is 70.6 Å². The number of fused-ring (bicyclic) bond motifs is 1. The van der Waals surface area contributed by atoms with Crippen LogP contribution in [0.5, 0.6) is 0 Å². The Balaban J connectivity index is 1.33. The summed E-state index contributed by atoms with van der Waals surface area (Å²) in [5.74, 6) is -0.264. The zero-order valence-electron chi connectivity index (χ0n) is 17.9. The summed E-state index contributed by atoms with van der Waals surface area (Å²) in [6.07, 6.45) is 1.01. The predicted octanol–water partition coefficient (Wildman–Crippen LogP) is 3.68. The van der Waals surface area contributed by atoms with E-state index in [0.29, 0.717) is 26.2 Å². The van der Waals surface area contributed by atoms with Crippen LogP contribution < -0.4 is 4.90 Å². The molecule has 6 nitrogen and oxygen atoms in total. The molecular weight excluding hydrogens is 430 g/mol. The maximum Gasteiger partial charge on any atom is 0.223 e. The monoisotopic (exact) mass is 457 g/mol. The van der Waals surface area contributed by atoms with Crippen molar-refractivity contribution in [2.45, 2.75) is 31.6 Å². The van der Waals surface area contributed by atoms with Gasteiger partial charge in [-0.25, -0.2) is 13.4 Å². The number of piperazine rings is 1. The lowest BCUT2D eigenvalue weighted by molar-refractivity contribution is -0.131. The summed E-state index contributed by atoms with van der Waals surface area (Å²) in [6, 6.07) is 13.2. The van der Waals surface area contributed by atoms with Crippen LogP contribution in [0.4, 0.5) is 5.13 Å². The maximum absolute atomic E-state index is 12.6. The van der Waals surface area contributed by atoms with Crippen molar-refractivity contribution in [3.05, 3.63) is 53.6 Å². The zero-order valence-corrected chi connectivity index (χ0v) is 19.5. The first kappa shape index (κ1) is 21.8. The van der Waals surface area contributed by atoms with Crippen LogP contribution in [0.2, 0.25) is 0 Å². The second-order valence-electron chi connectivity index (χ2n) is 7.90. The second kappa shape index (κ2) is 8.96. The van der Waals surface area contributed by atoms with E-state index in [2.05, 4.69) is 30.0 Å². The highest BCUT2D eigenvalue weighted by Gasteiger charge is 2.25. The van der Waals surface area contributed by atoms with Crippen molar-refractivity contribution in [3.8, 4) is 0 Å². The lowest BCUT2D eigenvalue weighted by Crippen LogP contribution is -2.49. The Hall–Kier alpha value is -2.45. The van der Waals surface area contributed by atoms with Crippen LogP contribution in [0.3, 0.4) is 0 Å². The first-order chi connectivity index (χ1) is 14.9. The van der Waals surface area contributed by atoms with Gasteiger partial charge < -0.3 is 9.80 Å². The van der Waals surface area contributed by atoms with E-state index >= 15 is 0 Å². The standard InChI is InChI=1S/C23H27N3O3S2/c1-3-18-6-9-20-21(16-18)30-23(24-20)26-13-11-25(12-14-26)22(27)10-15-31(28,29)19-7-4-17(2)5-8-19/h4-9,16H,3,10-15H2,1-2H3. The van der Waals surface area contributed by atoms with Gasteiger partial charge in [0.25, 0.3) is 0 Å². The van der Waals surface area contributed by atoms with E-state index in [4.69, 9.17) is 4.98 Å². The predicted molar refractivity (Wildman–Crippen MR) is 126 cm³/mol. The highest BCUT2D eigenvalue weighted by molar-refractivity contribution is 7.91. The minimum atomic E-state index is -3.45. The van der Waals surface area contributed by atoms with E-state index in [0.717, 1.165) is 22.6 Å². The highest BCUT2D eigenvalue weighted by Crippen LogP contribution is 2.30. The van der Waals surface area contributed by atoms with Crippen molar-refractivity contribution in [2.24, 2.45) is 0 Å². The Bertz CT molecular complexity index is 1180. The molecule has 1 aromatic heterocycles. The van der Waals surface area contributed by atoms with Gasteiger partial charge in [0.1, 0.15) is 0 Å². The van der Waals surface area contributed by atoms with Gasteiger partial charge in [0, 0.05) is 32.6 Å². The number of thiazole rings is 1. The molecule has 0 aliphatic carbocycles. The first-order valence-corrected chi connectivity index (χ1v) is 13.0. The van der Waals surface area contributed by atoms with Crippen LogP contribution >= 0.6 is 11.3 Å². The molecule has 1 fully saturated rings. The van der Waals surface area contributed by atoms with Crippen LogP contribution in [0.15, 0.2) is 47.4 Å². The molecule has 0 N–H and O–H groups in total. The fraction of sp³-hybridized carbons (Fsp3) is 0.391. The van der Waals surface area contributed by atoms with Crippen molar-refractivity contribution in [3.63, 3.8) is 0 Å². The van der Waals surface area contributed by atoms with Gasteiger partial charge >= 0.3 is 0 Å². The first-order valence-electron chi connectivity index (χ1n) is 10.6. The molecule has 31 heavy (non-hydrogen) atoms. The number of rotatable bonds is 6. The van der Waals surface area contributed by atoms with Gasteiger partial charge in [-0.3, -0.25) is 4.79 Å². The van der Waals surface area contributed by atoms with Gasteiger partial charge in [-0.05, 0) is 43.2 Å². The Morgan fingerprint density at radius 1 is 1.06 bits per heavy atom. The smallest absolute Gasteiger partial charge is 0.223 e. The lowest BCUT2D eigenvalue weighted by Gasteiger charge is -2.34. The largest absolute Gasteiger partial charge is 0.345 e. The molecule has 0 saturated carbocycles. The number of benzene rings is 2. The maximum atomic E-state index is 12.6. The van der Waals surface area contributed by atoms with E-state index in [9.17, 15) is 13.2 Å². The molecule has 2 aromatic carbocycles. The molecule has 1 amide bonds. The Morgan fingerprint density at radius 2 is 1.77 bits per heavy atom. The number of anilines is 1. The Labute approximate surface area is 187 Å². The number of hydrogen-bond donors (Lipinski definition) is 0. The van der Waals surface area contributed by atoms with Crippen LogP contribution in [-0.4, -0.2) is 56.1 Å². The normalized spacial score (nSPS) is 14.9. The molecule has 1 aliphatic heterocycles. The summed E-state index contributed by atoms with van der Waals surface area (Å²) in [4.78, 5) is 21.6. The minimum Gasteiger partial charge on any atom is -0.345 e. The van der Waals surface area contributed by atoms with Gasteiger partial charge in [-0.15, -0.1) is 0 Å². The third-order valence-electron chi connectivity index (χ3n) is 5.72. The quantitative estimate of drug-likeness (QED) is 0.565. The van der Waals surface area contributed by atoms with Crippen molar-refractivity contribution in [1.82, 2.24) is 9.88 Å². The number of nitrogens with zero attached hydrogens (tertiary/aromatic N) is 3. The van der Waals surface area contributed by atoms with E-state index < -0.39 is 9.84 Å². The summed E-state index contributed by atoms with van der Waals surface area (Å²) < 4.78 is 26.2. The van der Waals surface area contributed by atoms with Crippen LogP contribution in [-0.2, 0) is 21.1 Å². The Morgan fingerprint density at radius 3 is 2.45 bits per heavy atom. The molecule has 0 spiro atoms. The van der Waals surface area contributed by atoms with Gasteiger partial charge in [0.2, 0.25) is 5.91 Å². The lowest BCUT2D eigenvalue weighted by atomic mass is 10.2. The SMILES string of the molecule is CCc1ccc2nc(N3CCN(C(=O)CCS(=O)(=O)c4ccc(C)cc4)CC3)sc2c1. The number of sulfone groups is 1. The molecule has 1 aliphatic rings. The van der Waals surface area contributed by atoms with Gasteiger partial charge in [0.05, 0.1) is 20.9 Å². The van der Waals surface area contributed by atoms with Gasteiger partial charge in [0.15, 0.2) is 15.0 Å². The number of carbonyl (C=O) groups is 1. The molecule has 2 heterocycles. The minimum absolute atomic E-state index is 0.0111. The molecule has 0 bridgehead atoms. The van der Waals surface area contributed by atoms with E-state index in [1.807, 2.05) is 6.92 Å². The third-order valence-corrected chi connectivity index (χ3v) is 8.53. The molecule has 0 atom stereocenters. The molecule has 3 aromatic rings. The Kier molecular flexibility index (Phi) is 6.29. The summed E-state index contributed by atoms with van der Waals surface area (Å²) in [6.45, 7) is 6.63. The number of carbonyl (C=O) groups excluding carboxylic acids is 1. The molecule has 4 rings (SSSR count). The average molecular weight is 458 g/mol. The summed E-state index contributed by atoms with van der Waals surface area (Å²) in [5.41, 5.74) is 3.32. The molecule has 164 valence electrons. The number of hydrogen-bond acceptors (Lipinski definition) is 6. The summed E-state index contributed by atoms with van der Waals surface area (Å²) in [5, 5.41) is 0.984. The van der Waals surface area contributed by atoms with Crippen molar-refractivity contribution < 1.29 is 13.2 Å². The number of aromatic nitrogens is 1. The molecule has 1 saturated heterocycles. The van der Waals surface area contributed by atoms with Crippen molar-refractivity contribution in [2.75, 3.05) is 36.8 Å². The number of aryl methyl sites for hydroxylation is 2. The van der Waals surface area contributed by atoms with Crippen LogP contribution in [0, 0.1) is 6.92 Å². The zero-order chi connectivity index (χ0) is 22.0. The van der Waals surface area contributed by atoms with Crippen molar-refractivity contribution >= 4 is 42.4 Å². The van der Waals surface area contributed by atoms with E-state index in [1.165, 1.54) is 10.3 Å².